The average molecular weight is 425 g/mol. The predicted molar refractivity (Wildman–Crippen MR) is 112 cm³/mol. The molecule has 0 aliphatic carbocycles. The van der Waals surface area contributed by atoms with E-state index in [1.54, 1.807) is 0 Å². The Hall–Kier alpha value is -1.74. The van der Waals surface area contributed by atoms with Gasteiger partial charge in [0.15, 0.2) is 9.84 Å². The second-order valence-corrected chi connectivity index (χ2v) is 10.4. The first kappa shape index (κ1) is 22.5. The largest absolute Gasteiger partial charge is 0.299 e. The van der Waals surface area contributed by atoms with Gasteiger partial charge >= 0.3 is 0 Å². The Labute approximate surface area is 168 Å². The minimum absolute atomic E-state index is 0.0439. The van der Waals surface area contributed by atoms with Crippen molar-refractivity contribution in [3.8, 4) is 0 Å². The van der Waals surface area contributed by atoms with Crippen LogP contribution >= 0.6 is 0 Å². The highest BCUT2D eigenvalue weighted by molar-refractivity contribution is 7.93. The fraction of sp³-hybridized carbons (Fsp3) is 0.400. The molecular formula is C20H28N2O4S2. The molecule has 28 heavy (non-hydrogen) atoms. The molecule has 154 valence electrons. The van der Waals surface area contributed by atoms with Gasteiger partial charge < -0.3 is 0 Å². The highest BCUT2D eigenvalue weighted by Gasteiger charge is 2.25. The van der Waals surface area contributed by atoms with Crippen LogP contribution in [0, 0.1) is 0 Å². The second-order valence-electron chi connectivity index (χ2n) is 6.64. The Morgan fingerprint density at radius 1 is 0.857 bits per heavy atom. The predicted octanol–water partition coefficient (Wildman–Crippen LogP) is 2.32. The van der Waals surface area contributed by atoms with E-state index in [1.807, 2.05) is 44.2 Å². The van der Waals surface area contributed by atoms with E-state index in [0.29, 0.717) is 6.42 Å². The number of benzene rings is 2. The highest BCUT2D eigenvalue weighted by atomic mass is 32.2. The zero-order valence-corrected chi connectivity index (χ0v) is 18.1. The Balaban J connectivity index is 2.26. The van der Waals surface area contributed by atoms with Crippen LogP contribution in [0.5, 0.6) is 0 Å². The Morgan fingerprint density at radius 2 is 1.39 bits per heavy atom. The van der Waals surface area contributed by atoms with Gasteiger partial charge in [-0.1, -0.05) is 56.3 Å². The van der Waals surface area contributed by atoms with E-state index >= 15 is 0 Å². The maximum absolute atomic E-state index is 12.9. The molecule has 0 saturated heterocycles. The summed E-state index contributed by atoms with van der Waals surface area (Å²) in [5.41, 5.74) is 1.12. The molecule has 1 unspecified atom stereocenters. The number of hydrogen-bond donors (Lipinski definition) is 1. The van der Waals surface area contributed by atoms with Crippen LogP contribution in [0.15, 0.2) is 64.4 Å². The molecule has 0 radical (unpaired) electrons. The van der Waals surface area contributed by atoms with Gasteiger partial charge in [-0.2, -0.15) is 0 Å². The van der Waals surface area contributed by atoms with Gasteiger partial charge in [-0.25, -0.2) is 21.6 Å². The van der Waals surface area contributed by atoms with Gasteiger partial charge in [0, 0.05) is 18.8 Å². The number of sulfonamides is 1. The number of rotatable bonds is 10. The smallest absolute Gasteiger partial charge is 0.241 e. The summed E-state index contributed by atoms with van der Waals surface area (Å²) in [6.45, 7) is 5.84. The van der Waals surface area contributed by atoms with Crippen molar-refractivity contribution in [1.29, 1.82) is 0 Å². The molecule has 0 saturated carbocycles. The molecule has 0 amide bonds. The summed E-state index contributed by atoms with van der Waals surface area (Å²) in [4.78, 5) is 1.79. The Morgan fingerprint density at radius 3 is 1.93 bits per heavy atom. The number of sulfone groups is 1. The summed E-state index contributed by atoms with van der Waals surface area (Å²) in [6.07, 6.45) is 1.70. The van der Waals surface area contributed by atoms with Gasteiger partial charge in [-0.05, 0) is 37.2 Å². The molecule has 0 bridgehead atoms. The maximum atomic E-state index is 12.9. The first-order valence-electron chi connectivity index (χ1n) is 9.25. The molecule has 6 nitrogen and oxygen atoms in total. The van der Waals surface area contributed by atoms with Crippen LogP contribution in [-0.4, -0.2) is 53.7 Å². The van der Waals surface area contributed by atoms with Gasteiger partial charge in [0.05, 0.1) is 4.90 Å². The van der Waals surface area contributed by atoms with Crippen molar-refractivity contribution in [1.82, 2.24) is 9.62 Å². The fourth-order valence-electron chi connectivity index (χ4n) is 3.22. The lowest BCUT2D eigenvalue weighted by Gasteiger charge is -2.30. The Bertz CT molecular complexity index is 970. The molecule has 0 aliphatic rings. The van der Waals surface area contributed by atoms with Crippen molar-refractivity contribution in [2.45, 2.75) is 36.1 Å². The number of nitrogens with zero attached hydrogens (tertiary/aromatic N) is 1. The molecule has 2 aromatic rings. The molecule has 1 N–H and O–H groups in total. The molecule has 8 heteroatoms. The topological polar surface area (TPSA) is 83.6 Å². The molecule has 0 fully saturated rings. The summed E-state index contributed by atoms with van der Waals surface area (Å²) >= 11 is 0. The lowest BCUT2D eigenvalue weighted by Crippen LogP contribution is -2.45. The fourth-order valence-corrected chi connectivity index (χ4v) is 5.92. The van der Waals surface area contributed by atoms with E-state index in [9.17, 15) is 16.8 Å². The zero-order valence-electron chi connectivity index (χ0n) is 16.5. The first-order valence-corrected chi connectivity index (χ1v) is 12.6. The first-order chi connectivity index (χ1) is 13.2. The average Bonchev–Trinajstić information content (AvgIpc) is 2.67. The Kier molecular flexibility index (Phi) is 7.77. The van der Waals surface area contributed by atoms with Gasteiger partial charge in [-0.3, -0.25) is 4.90 Å². The van der Waals surface area contributed by atoms with Crippen molar-refractivity contribution in [3.63, 3.8) is 0 Å². The summed E-state index contributed by atoms with van der Waals surface area (Å²) in [5.74, 6) is 0. The minimum atomic E-state index is -3.97. The SMILES string of the molecule is CCN(CC)C(CNS(=O)(=O)c1ccccc1S(C)(=O)=O)Cc1ccccc1. The number of nitrogens with one attached hydrogen (secondary N) is 1. The minimum Gasteiger partial charge on any atom is -0.299 e. The normalized spacial score (nSPS) is 13.6. The van der Waals surface area contributed by atoms with Gasteiger partial charge in [-0.15, -0.1) is 0 Å². The van der Waals surface area contributed by atoms with Crippen LogP contribution in [0.3, 0.4) is 0 Å². The highest BCUT2D eigenvalue weighted by Crippen LogP contribution is 2.20. The maximum Gasteiger partial charge on any atom is 0.241 e. The number of hydrogen-bond acceptors (Lipinski definition) is 5. The molecule has 0 spiro atoms. The summed E-state index contributed by atoms with van der Waals surface area (Å²) in [5, 5.41) is 0. The lowest BCUT2D eigenvalue weighted by atomic mass is 10.0. The molecule has 0 aliphatic heterocycles. The van der Waals surface area contributed by atoms with Crippen molar-refractivity contribution in [3.05, 3.63) is 60.2 Å². The second kappa shape index (κ2) is 9.65. The summed E-state index contributed by atoms with van der Waals surface area (Å²) in [6, 6.07) is 15.5. The van der Waals surface area contributed by atoms with Crippen LogP contribution in [0.1, 0.15) is 19.4 Å². The lowest BCUT2D eigenvalue weighted by molar-refractivity contribution is 0.216. The van der Waals surface area contributed by atoms with Crippen LogP contribution in [0.25, 0.3) is 0 Å². The van der Waals surface area contributed by atoms with Gasteiger partial charge in [0.25, 0.3) is 0 Å². The van der Waals surface area contributed by atoms with Crippen LogP contribution in [0.2, 0.25) is 0 Å². The molecule has 2 rings (SSSR count). The van der Waals surface area contributed by atoms with E-state index in [1.165, 1.54) is 24.3 Å². The number of likely N-dealkylation sites (N-methyl/N-ethyl adjacent to an activating group) is 1. The third kappa shape index (κ3) is 5.88. The molecule has 0 heterocycles. The molecular weight excluding hydrogens is 396 g/mol. The summed E-state index contributed by atoms with van der Waals surface area (Å²) in [7, 11) is -7.63. The van der Waals surface area contributed by atoms with E-state index in [4.69, 9.17) is 0 Å². The van der Waals surface area contributed by atoms with E-state index < -0.39 is 19.9 Å². The molecule has 2 aromatic carbocycles. The van der Waals surface area contributed by atoms with E-state index in [0.717, 1.165) is 24.9 Å². The van der Waals surface area contributed by atoms with Gasteiger partial charge in [0.2, 0.25) is 10.0 Å². The molecule has 1 atom stereocenters. The van der Waals surface area contributed by atoms with Crippen molar-refractivity contribution in [2.75, 3.05) is 25.9 Å². The third-order valence-corrected chi connectivity index (χ3v) is 7.46. The van der Waals surface area contributed by atoms with Crippen molar-refractivity contribution in [2.24, 2.45) is 0 Å². The van der Waals surface area contributed by atoms with Gasteiger partial charge in [0.1, 0.15) is 4.90 Å². The van der Waals surface area contributed by atoms with E-state index in [2.05, 4.69) is 9.62 Å². The van der Waals surface area contributed by atoms with Crippen molar-refractivity contribution >= 4 is 19.9 Å². The summed E-state index contributed by atoms with van der Waals surface area (Å²) < 4.78 is 52.3. The third-order valence-electron chi connectivity index (χ3n) is 4.69. The zero-order chi connectivity index (χ0) is 20.8. The monoisotopic (exact) mass is 424 g/mol. The van der Waals surface area contributed by atoms with E-state index in [-0.39, 0.29) is 22.4 Å². The van der Waals surface area contributed by atoms with Crippen LogP contribution < -0.4 is 4.72 Å². The van der Waals surface area contributed by atoms with Crippen molar-refractivity contribution < 1.29 is 16.8 Å². The quantitative estimate of drug-likeness (QED) is 0.633. The van der Waals surface area contributed by atoms with Crippen LogP contribution in [-0.2, 0) is 26.3 Å². The standard InChI is InChI=1S/C20H28N2O4S2/c1-4-22(5-2)18(15-17-11-7-6-8-12-17)16-21-28(25,26)20-14-10-9-13-19(20)27(3,23)24/h6-14,18,21H,4-5,15-16H2,1-3H3. The van der Waals surface area contributed by atoms with Crippen LogP contribution in [0.4, 0.5) is 0 Å². The molecule has 0 aromatic heterocycles.